The van der Waals surface area contributed by atoms with E-state index in [2.05, 4.69) is 0 Å². The normalized spacial score (nSPS) is 18.0. The number of hydrogen-bond donors (Lipinski definition) is 2. The molecule has 3 N–H and O–H groups in total. The maximum absolute atomic E-state index is 12.8. The largest absolute Gasteiger partial charge is 0.481 e. The van der Waals surface area contributed by atoms with Crippen molar-refractivity contribution in [2.75, 3.05) is 6.54 Å². The van der Waals surface area contributed by atoms with Gasteiger partial charge in [0.25, 0.3) is 11.8 Å². The van der Waals surface area contributed by atoms with Crippen molar-refractivity contribution in [3.05, 3.63) is 35.4 Å². The van der Waals surface area contributed by atoms with Gasteiger partial charge in [-0.3, -0.25) is 24.1 Å². The van der Waals surface area contributed by atoms with E-state index in [1.807, 2.05) is 13.8 Å². The van der Waals surface area contributed by atoms with E-state index < -0.39 is 41.2 Å². The van der Waals surface area contributed by atoms with Crippen LogP contribution in [0.4, 0.5) is 0 Å². The number of rotatable bonds is 7. The van der Waals surface area contributed by atoms with Crippen LogP contribution in [-0.4, -0.2) is 51.9 Å². The summed E-state index contributed by atoms with van der Waals surface area (Å²) in [6.07, 6.45) is 6.89. The number of benzene rings is 1. The van der Waals surface area contributed by atoms with Crippen molar-refractivity contribution in [3.8, 4) is 0 Å². The molecule has 0 radical (unpaired) electrons. The molecule has 2 aliphatic rings. The predicted molar refractivity (Wildman–Crippen MR) is 133 cm³/mol. The van der Waals surface area contributed by atoms with Gasteiger partial charge < -0.3 is 15.6 Å². The lowest BCUT2D eigenvalue weighted by molar-refractivity contribution is -0.167. The number of ether oxygens (including phenoxy) is 1. The molecule has 194 valence electrons. The Bertz CT molecular complexity index is 879. The molecule has 1 fully saturated rings. The highest BCUT2D eigenvalue weighted by Crippen LogP contribution is 2.29. The molecule has 2 atom stereocenters. The van der Waals surface area contributed by atoms with Crippen LogP contribution in [0.2, 0.25) is 0 Å². The topological polar surface area (TPSA) is 127 Å². The quantitative estimate of drug-likeness (QED) is 0.433. The third kappa shape index (κ3) is 8.16. The molecule has 2 amide bonds. The zero-order chi connectivity index (χ0) is 26.3. The molecule has 35 heavy (non-hydrogen) atoms. The number of amides is 2. The Balaban J connectivity index is 0.000000527. The number of fused-ring (bicyclic) bond motifs is 1. The highest BCUT2D eigenvalue weighted by molar-refractivity contribution is 6.21. The second-order valence-corrected chi connectivity index (χ2v) is 10.9. The van der Waals surface area contributed by atoms with Gasteiger partial charge >= 0.3 is 11.9 Å². The number of carbonyl (C=O) groups excluding carboxylic acids is 3. The molecule has 1 aromatic carbocycles. The van der Waals surface area contributed by atoms with Crippen LogP contribution in [0.25, 0.3) is 0 Å². The molecule has 1 aliphatic carbocycles. The lowest BCUT2D eigenvalue weighted by Crippen LogP contribution is -2.44. The van der Waals surface area contributed by atoms with E-state index in [1.165, 1.54) is 32.1 Å². The Labute approximate surface area is 208 Å². The van der Waals surface area contributed by atoms with E-state index in [1.54, 1.807) is 45.0 Å². The van der Waals surface area contributed by atoms with Crippen LogP contribution in [0.3, 0.4) is 0 Å². The summed E-state index contributed by atoms with van der Waals surface area (Å²) in [7, 11) is 0. The van der Waals surface area contributed by atoms with Gasteiger partial charge in [-0.25, -0.2) is 0 Å². The Morgan fingerprint density at radius 3 is 1.91 bits per heavy atom. The van der Waals surface area contributed by atoms with Gasteiger partial charge in [-0.2, -0.15) is 0 Å². The van der Waals surface area contributed by atoms with Crippen molar-refractivity contribution in [1.82, 2.24) is 4.90 Å². The van der Waals surface area contributed by atoms with Crippen LogP contribution in [0, 0.1) is 17.8 Å². The zero-order valence-electron chi connectivity index (χ0n) is 21.6. The summed E-state index contributed by atoms with van der Waals surface area (Å²) in [6, 6.07) is 6.92. The molecule has 0 bridgehead atoms. The molecule has 1 saturated carbocycles. The Morgan fingerprint density at radius 2 is 1.54 bits per heavy atom. The summed E-state index contributed by atoms with van der Waals surface area (Å²) in [5, 5.41) is 9.72. The van der Waals surface area contributed by atoms with E-state index in [4.69, 9.17) is 10.5 Å². The number of nitrogens with two attached hydrogens (primary N) is 1. The highest BCUT2D eigenvalue weighted by Gasteiger charge is 2.43. The summed E-state index contributed by atoms with van der Waals surface area (Å²) in [6.45, 7) is 8.42. The SMILES string of the molecule is CC(C)C[C@@H](C(=O)O)[C@H](CN1C(=O)c2ccccc2C1=O)C(=O)OC(C)(C)C.NC1CCCCC1. The average molecular weight is 489 g/mol. The first kappa shape index (κ1) is 28.5. The van der Waals surface area contributed by atoms with Crippen molar-refractivity contribution >= 4 is 23.8 Å². The van der Waals surface area contributed by atoms with Crippen LogP contribution < -0.4 is 5.73 Å². The monoisotopic (exact) mass is 488 g/mol. The first-order valence-corrected chi connectivity index (χ1v) is 12.5. The Hall–Kier alpha value is -2.74. The molecule has 8 heteroatoms. The predicted octanol–water partition coefficient (Wildman–Crippen LogP) is 4.27. The van der Waals surface area contributed by atoms with Gasteiger partial charge in [0.05, 0.1) is 23.0 Å². The van der Waals surface area contributed by atoms with Crippen LogP contribution >= 0.6 is 0 Å². The Kier molecular flexibility index (Phi) is 10.0. The molecule has 0 aromatic heterocycles. The first-order chi connectivity index (χ1) is 16.3. The third-order valence-electron chi connectivity index (χ3n) is 6.15. The fourth-order valence-corrected chi connectivity index (χ4v) is 4.42. The molecule has 3 rings (SSSR count). The van der Waals surface area contributed by atoms with Crippen LogP contribution in [0.5, 0.6) is 0 Å². The van der Waals surface area contributed by atoms with E-state index in [9.17, 15) is 24.3 Å². The number of carbonyl (C=O) groups is 4. The lowest BCUT2D eigenvalue weighted by atomic mass is 9.84. The minimum atomic E-state index is -1.15. The van der Waals surface area contributed by atoms with Crippen LogP contribution in [0.1, 0.15) is 93.9 Å². The standard InChI is InChI=1S/C21H27NO6.C6H13N/c1-12(2)10-15(19(25)26)16(20(27)28-21(3,4)5)11-22-17(23)13-8-6-7-9-14(13)18(22)24;7-6-4-2-1-3-5-6/h6-9,12,15-16H,10-11H2,1-5H3,(H,25,26);6H,1-5,7H2/t15-,16+;/m1./s1. The lowest BCUT2D eigenvalue weighted by Gasteiger charge is -2.30. The molecular weight excluding hydrogens is 448 g/mol. The fourth-order valence-electron chi connectivity index (χ4n) is 4.42. The van der Waals surface area contributed by atoms with E-state index >= 15 is 0 Å². The number of imide groups is 1. The van der Waals surface area contributed by atoms with Crippen molar-refractivity contribution in [2.24, 2.45) is 23.5 Å². The second-order valence-electron chi connectivity index (χ2n) is 10.9. The maximum atomic E-state index is 12.8. The van der Waals surface area contributed by atoms with E-state index in [0.29, 0.717) is 6.04 Å². The molecule has 1 aliphatic heterocycles. The maximum Gasteiger partial charge on any atom is 0.312 e. The van der Waals surface area contributed by atoms with Gasteiger partial charge in [-0.05, 0) is 58.1 Å². The van der Waals surface area contributed by atoms with Gasteiger partial charge in [0.2, 0.25) is 0 Å². The average Bonchev–Trinajstić information content (AvgIpc) is 3.00. The smallest absolute Gasteiger partial charge is 0.312 e. The second kappa shape index (κ2) is 12.3. The number of nitrogens with zero attached hydrogens (tertiary/aromatic N) is 1. The highest BCUT2D eigenvalue weighted by atomic mass is 16.6. The molecule has 1 aromatic rings. The molecular formula is C27H40N2O6. The summed E-state index contributed by atoms with van der Waals surface area (Å²) >= 11 is 0. The van der Waals surface area contributed by atoms with Crippen molar-refractivity contribution in [2.45, 2.75) is 84.8 Å². The van der Waals surface area contributed by atoms with Crippen molar-refractivity contribution < 1.29 is 29.0 Å². The number of aliphatic carboxylic acids is 1. The fraction of sp³-hybridized carbons (Fsp3) is 0.630. The van der Waals surface area contributed by atoms with Crippen LogP contribution in [-0.2, 0) is 14.3 Å². The summed E-state index contributed by atoms with van der Waals surface area (Å²) in [5.41, 5.74) is 5.32. The number of esters is 1. The number of carboxylic acid groups (broad SMARTS) is 1. The third-order valence-corrected chi connectivity index (χ3v) is 6.15. The van der Waals surface area contributed by atoms with Gasteiger partial charge in [0.15, 0.2) is 0 Å². The van der Waals surface area contributed by atoms with Crippen molar-refractivity contribution in [1.29, 1.82) is 0 Å². The molecule has 1 heterocycles. The summed E-state index contributed by atoms with van der Waals surface area (Å²) in [4.78, 5) is 51.0. The van der Waals surface area contributed by atoms with Gasteiger partial charge in [-0.1, -0.05) is 45.2 Å². The van der Waals surface area contributed by atoms with E-state index in [0.717, 1.165) is 4.90 Å². The van der Waals surface area contributed by atoms with Crippen molar-refractivity contribution in [3.63, 3.8) is 0 Å². The molecule has 0 unspecified atom stereocenters. The van der Waals surface area contributed by atoms with Gasteiger partial charge in [0.1, 0.15) is 5.60 Å². The molecule has 0 saturated heterocycles. The van der Waals surface area contributed by atoms with Gasteiger partial charge in [-0.15, -0.1) is 0 Å². The van der Waals surface area contributed by atoms with Crippen LogP contribution in [0.15, 0.2) is 24.3 Å². The first-order valence-electron chi connectivity index (χ1n) is 12.5. The molecule has 8 nitrogen and oxygen atoms in total. The summed E-state index contributed by atoms with van der Waals surface area (Å²) < 4.78 is 5.42. The van der Waals surface area contributed by atoms with E-state index in [-0.39, 0.29) is 30.0 Å². The minimum absolute atomic E-state index is 0.00761. The van der Waals surface area contributed by atoms with Gasteiger partial charge in [0, 0.05) is 12.6 Å². The number of carboxylic acids is 1. The zero-order valence-corrected chi connectivity index (χ0v) is 21.6. The summed E-state index contributed by atoms with van der Waals surface area (Å²) in [5.74, 6) is -5.14. The minimum Gasteiger partial charge on any atom is -0.481 e. The number of hydrogen-bond acceptors (Lipinski definition) is 6. The Morgan fingerprint density at radius 1 is 1.03 bits per heavy atom. The molecule has 0 spiro atoms.